The van der Waals surface area contributed by atoms with Gasteiger partial charge in [0, 0.05) is 22.7 Å². The van der Waals surface area contributed by atoms with Crippen LogP contribution in [0.4, 0.5) is 0 Å². The first-order valence-corrected chi connectivity index (χ1v) is 53.8. The molecule has 16 unspecified atom stereocenters. The van der Waals surface area contributed by atoms with Gasteiger partial charge in [0.2, 0.25) is 25.2 Å². The highest BCUT2D eigenvalue weighted by Gasteiger charge is 2.58. The summed E-state index contributed by atoms with van der Waals surface area (Å²) >= 11 is 0. The van der Waals surface area contributed by atoms with Crippen LogP contribution in [0.25, 0.3) is 0 Å². The van der Waals surface area contributed by atoms with Crippen LogP contribution in [0.2, 0.25) is 0 Å². The number of hydrogen-bond acceptors (Lipinski definition) is 10. The fourth-order valence-electron chi connectivity index (χ4n) is 25.0. The molecule has 12 fully saturated rings. The molecule has 131 heavy (non-hydrogen) atoms. The molecule has 0 radical (unpaired) electrons. The smallest absolute Gasteiger partial charge is 0.205 e. The first kappa shape index (κ1) is 102. The third-order valence-electron chi connectivity index (χ3n) is 34.3. The summed E-state index contributed by atoms with van der Waals surface area (Å²) in [6.07, 6.45) is 49.4. The van der Waals surface area contributed by atoms with Crippen molar-refractivity contribution in [1.29, 1.82) is 0 Å². The van der Waals surface area contributed by atoms with Crippen LogP contribution in [0.15, 0.2) is 176 Å². The van der Waals surface area contributed by atoms with Crippen LogP contribution in [0.5, 0.6) is 34.5 Å². The summed E-state index contributed by atoms with van der Waals surface area (Å²) in [6.45, 7) is 34.1. The van der Waals surface area contributed by atoms with Gasteiger partial charge in [-0.25, -0.2) is 0 Å². The predicted molar refractivity (Wildman–Crippen MR) is 541 cm³/mol. The monoisotopic (exact) mass is 1790 g/mol. The van der Waals surface area contributed by atoms with E-state index >= 15 is 0 Å². The number of fused-ring (bicyclic) bond motifs is 7. The van der Waals surface area contributed by atoms with Crippen LogP contribution in [0.1, 0.15) is 416 Å². The van der Waals surface area contributed by atoms with Gasteiger partial charge in [0.05, 0.1) is 24.9 Å². The van der Waals surface area contributed by atoms with Crippen molar-refractivity contribution in [3.63, 3.8) is 0 Å². The topological polar surface area (TPSA) is 114 Å². The number of rotatable bonds is 34. The molecule has 12 aliphatic rings. The van der Waals surface area contributed by atoms with E-state index < -0.39 is 0 Å². The van der Waals surface area contributed by atoms with E-state index in [9.17, 15) is 0 Å². The quantitative estimate of drug-likeness (QED) is 0.0378. The van der Waals surface area contributed by atoms with Gasteiger partial charge in [-0.3, -0.25) is 0 Å². The molecule has 0 spiro atoms. The largest absolute Gasteiger partial charge is 0.508 e. The Morgan fingerprint density at radius 2 is 0.664 bits per heavy atom. The molecular weight excluding hydrogens is 1610 g/mol. The van der Waals surface area contributed by atoms with Gasteiger partial charge in [-0.2, -0.15) is 0 Å². The van der Waals surface area contributed by atoms with E-state index in [1.807, 2.05) is 30.3 Å². The third-order valence-corrected chi connectivity index (χ3v) is 34.3. The standard InChI is InChI=1S/C27H40O2.C26H36O2.2C24H36O2.2C10H14O/c1-3-19(2)23-9-11-25(12-10-23)29-26(28-24-7-5-4-6-8-24)27-16-20-13-21(17-27)15-22(14-20)18-27;1-4-20(2)23-15-17-25(18-16-23)28-26(21(3)24-13-9-6-10-14-24)27-19-22-11-7-5-8-12-22;1-5-16(4)17-9-11-19(12-10-17)25-24(15(2)3)26-23-14-18-13-22(23)21-8-6-7-20(18)21;1-3-18(2)20-9-11-22(12-10-20)26-23(25-21-7-5-4-6-8-21)24-15-13-19(17-24)14-16-24;2*1-3-8(2)9-4-6-10(11)7-5-9/h9-12,19-22,24,26H,3-8,13-18H2,1-2H3;5,7-8,11-12,15-18,20-21,24,26H,4,6,9-10,13-14,19H2,1-3H3;9-12,15-16,18,20-24H,5-8,13-14H2,1-4H3;9-12,18-19,21,23H,3-8,13-17H2,1-2H3;2*4-8,11H,3H2,1-2H3. The molecule has 19 rings (SSSR count). The van der Waals surface area contributed by atoms with E-state index in [1.54, 1.807) is 24.3 Å². The number of ether oxygens (including phenoxy) is 8. The Hall–Kier alpha value is -6.82. The minimum Gasteiger partial charge on any atom is -0.508 e. The average molecular weight is 1790 g/mol. The van der Waals surface area contributed by atoms with Gasteiger partial charge in [0.25, 0.3) is 0 Å². The van der Waals surface area contributed by atoms with Gasteiger partial charge in [-0.05, 0) is 374 Å². The van der Waals surface area contributed by atoms with Gasteiger partial charge in [-0.15, -0.1) is 0 Å². The Kier molecular flexibility index (Phi) is 39.0. The number of hydrogen-bond donors (Lipinski definition) is 2. The Morgan fingerprint density at radius 3 is 1.04 bits per heavy atom. The normalized spacial score (nSPS) is 27.2. The number of benzene rings is 7. The molecule has 10 nitrogen and oxygen atoms in total. The van der Waals surface area contributed by atoms with Crippen LogP contribution in [0, 0.1) is 75.9 Å². The van der Waals surface area contributed by atoms with Crippen molar-refractivity contribution in [2.24, 2.45) is 75.9 Å². The Balaban J connectivity index is 0.000000138. The Bertz CT molecular complexity index is 4240. The van der Waals surface area contributed by atoms with E-state index in [2.05, 4.69) is 225 Å². The van der Waals surface area contributed by atoms with Crippen LogP contribution in [-0.4, -0.2) is 53.7 Å². The number of phenols is 2. The Labute approximate surface area is 795 Å². The molecule has 2 N–H and O–H groups in total. The second-order valence-electron chi connectivity index (χ2n) is 43.9. The lowest BCUT2D eigenvalue weighted by atomic mass is 9.49. The summed E-state index contributed by atoms with van der Waals surface area (Å²) in [7, 11) is 0. The first-order valence-electron chi connectivity index (χ1n) is 53.8. The molecule has 0 saturated heterocycles. The predicted octanol–water partition coefficient (Wildman–Crippen LogP) is 33.9. The van der Waals surface area contributed by atoms with E-state index in [-0.39, 0.29) is 36.0 Å². The Morgan fingerprint density at radius 1 is 0.313 bits per heavy atom. The molecule has 0 heterocycles. The zero-order chi connectivity index (χ0) is 92.4. The maximum absolute atomic E-state index is 9.01. The lowest BCUT2D eigenvalue weighted by Gasteiger charge is -2.58. The van der Waals surface area contributed by atoms with Crippen molar-refractivity contribution >= 4 is 0 Å². The van der Waals surface area contributed by atoms with Gasteiger partial charge in [0.15, 0.2) is 0 Å². The molecule has 10 heteroatoms. The van der Waals surface area contributed by atoms with E-state index in [0.29, 0.717) is 89.7 Å². The molecule has 8 bridgehead atoms. The second-order valence-corrected chi connectivity index (χ2v) is 43.9. The fourth-order valence-corrected chi connectivity index (χ4v) is 25.0. The zero-order valence-corrected chi connectivity index (χ0v) is 84.1. The SMILES string of the molecule is CCC(C)c1ccc(O)cc1.CCC(C)c1ccc(O)cc1.CCC(C)c1ccc(OC(OC2CC3CC2C2CCCC32)C(C)C)cc1.CCC(C)c1ccc(OC(OC2CCCCC2)C23CC4CC(CC(C4)C2)C3)cc1.CCC(C)c1ccc(OC(OC2CCCCC2)C23CCC(CC2)C3)cc1.CCC(C)c1ccc(OC(OCc2ccccc2)C(C)C2CCCCC2)cc1. The summed E-state index contributed by atoms with van der Waals surface area (Å²) in [4.78, 5) is 0. The average Bonchev–Trinajstić information content (AvgIpc) is 1.35. The maximum atomic E-state index is 9.01. The van der Waals surface area contributed by atoms with Crippen LogP contribution < -0.4 is 18.9 Å². The molecule has 12 aliphatic carbocycles. The molecule has 12 saturated carbocycles. The first-order chi connectivity index (χ1) is 63.5. The number of phenolic OH excluding ortho intramolecular Hbond substituents is 2. The summed E-state index contributed by atoms with van der Waals surface area (Å²) < 4.78 is 52.5. The highest BCUT2D eigenvalue weighted by atomic mass is 16.7. The molecular formula is C121H176O10. The molecule has 720 valence electrons. The van der Waals surface area contributed by atoms with E-state index in [0.717, 1.165) is 89.6 Å². The molecule has 7 aromatic carbocycles. The van der Waals surface area contributed by atoms with Crippen molar-refractivity contribution < 1.29 is 48.1 Å². The van der Waals surface area contributed by atoms with Gasteiger partial charge in [0.1, 0.15) is 34.5 Å². The summed E-state index contributed by atoms with van der Waals surface area (Å²) in [6, 6.07) is 60.2. The van der Waals surface area contributed by atoms with Crippen molar-refractivity contribution in [2.45, 2.75) is 427 Å². The number of aromatic hydroxyl groups is 2. The van der Waals surface area contributed by atoms with Gasteiger partial charge < -0.3 is 48.1 Å². The van der Waals surface area contributed by atoms with Crippen LogP contribution >= 0.6 is 0 Å². The van der Waals surface area contributed by atoms with Crippen molar-refractivity contribution in [3.8, 4) is 34.5 Å². The maximum Gasteiger partial charge on any atom is 0.205 e. The fraction of sp³-hybridized carbons (Fsp3) is 0.653. The van der Waals surface area contributed by atoms with Gasteiger partial charge in [-0.1, -0.05) is 271 Å². The van der Waals surface area contributed by atoms with Gasteiger partial charge >= 0.3 is 0 Å². The van der Waals surface area contributed by atoms with Crippen molar-refractivity contribution in [3.05, 3.63) is 215 Å². The molecule has 0 aliphatic heterocycles. The van der Waals surface area contributed by atoms with Crippen molar-refractivity contribution in [1.82, 2.24) is 0 Å². The third kappa shape index (κ3) is 28.4. The molecule has 0 amide bonds. The zero-order valence-electron chi connectivity index (χ0n) is 84.1. The van der Waals surface area contributed by atoms with Crippen LogP contribution in [0.3, 0.4) is 0 Å². The summed E-state index contributed by atoms with van der Waals surface area (Å²) in [5.74, 6) is 17.0. The second kappa shape index (κ2) is 50.3. The lowest BCUT2D eigenvalue weighted by Crippen LogP contribution is -2.55. The lowest BCUT2D eigenvalue weighted by molar-refractivity contribution is -0.236. The van der Waals surface area contributed by atoms with Crippen LogP contribution in [-0.2, 0) is 25.6 Å². The molecule has 16 atom stereocenters. The van der Waals surface area contributed by atoms with E-state index in [1.165, 1.54) is 257 Å². The van der Waals surface area contributed by atoms with E-state index in [4.69, 9.17) is 48.1 Å². The minimum atomic E-state index is -0.210. The highest BCUT2D eigenvalue weighted by molar-refractivity contribution is 5.34. The summed E-state index contributed by atoms with van der Waals surface area (Å²) in [5, 5.41) is 18.0. The van der Waals surface area contributed by atoms with Crippen molar-refractivity contribution in [2.75, 3.05) is 0 Å². The summed E-state index contributed by atoms with van der Waals surface area (Å²) in [5.41, 5.74) is 9.91. The molecule has 7 aromatic rings. The highest BCUT2D eigenvalue weighted by Crippen LogP contribution is 2.64. The molecule has 0 aromatic heterocycles. The minimum absolute atomic E-state index is 0.0477.